The van der Waals surface area contributed by atoms with Crippen molar-refractivity contribution in [1.82, 2.24) is 15.1 Å². The van der Waals surface area contributed by atoms with E-state index in [-0.39, 0.29) is 5.56 Å². The van der Waals surface area contributed by atoms with Gasteiger partial charge in [0, 0.05) is 11.3 Å². The fourth-order valence-electron chi connectivity index (χ4n) is 1.97. The van der Waals surface area contributed by atoms with E-state index < -0.39 is 0 Å². The number of nitrogens with one attached hydrogen (secondary N) is 1. The van der Waals surface area contributed by atoms with Crippen molar-refractivity contribution in [1.29, 1.82) is 0 Å². The fraction of sp³-hybridized carbons (Fsp3) is 0.417. The lowest BCUT2D eigenvalue weighted by atomic mass is 10.1. The molecular formula is C12H15N3O2. The third-order valence-corrected chi connectivity index (χ3v) is 2.85. The van der Waals surface area contributed by atoms with E-state index in [2.05, 4.69) is 15.1 Å². The zero-order chi connectivity index (χ0) is 12.6. The molecule has 0 saturated heterocycles. The second kappa shape index (κ2) is 4.16. The Balaban J connectivity index is 2.67. The van der Waals surface area contributed by atoms with Crippen LogP contribution in [0.2, 0.25) is 0 Å². The smallest absolute Gasteiger partial charge is 0.254 e. The topological polar surface area (TPSA) is 71.8 Å². The van der Waals surface area contributed by atoms with Gasteiger partial charge in [-0.25, -0.2) is 4.98 Å². The summed E-state index contributed by atoms with van der Waals surface area (Å²) in [6.45, 7) is 7.41. The van der Waals surface area contributed by atoms with Gasteiger partial charge in [-0.05, 0) is 27.2 Å². The maximum atomic E-state index is 11.9. The first-order valence-electron chi connectivity index (χ1n) is 5.57. The summed E-state index contributed by atoms with van der Waals surface area (Å²) in [5.74, 6) is 1.19. The Morgan fingerprint density at radius 3 is 2.41 bits per heavy atom. The number of hydrogen-bond donors (Lipinski definition) is 1. The molecule has 5 nitrogen and oxygen atoms in total. The molecule has 5 heteroatoms. The maximum Gasteiger partial charge on any atom is 0.254 e. The van der Waals surface area contributed by atoms with Crippen molar-refractivity contribution in [2.75, 3.05) is 0 Å². The van der Waals surface area contributed by atoms with Gasteiger partial charge in [0.05, 0.1) is 11.3 Å². The standard InChI is InChI=1S/C12H15N3O2/c1-5-9-6(2)13-11(14-12(9)16)10-7(3)15-17-8(10)4/h5H2,1-4H3,(H,13,14,16). The van der Waals surface area contributed by atoms with Gasteiger partial charge >= 0.3 is 0 Å². The Morgan fingerprint density at radius 2 is 1.94 bits per heavy atom. The first kappa shape index (κ1) is 11.6. The van der Waals surface area contributed by atoms with Gasteiger partial charge in [0.2, 0.25) is 0 Å². The quantitative estimate of drug-likeness (QED) is 0.860. The van der Waals surface area contributed by atoms with Crippen molar-refractivity contribution in [2.24, 2.45) is 0 Å². The SMILES string of the molecule is CCc1c(C)nc(-c2c(C)noc2C)[nH]c1=O. The van der Waals surface area contributed by atoms with Crippen molar-refractivity contribution in [3.8, 4) is 11.4 Å². The minimum atomic E-state index is -0.0880. The predicted octanol–water partition coefficient (Wildman–Crippen LogP) is 1.91. The van der Waals surface area contributed by atoms with E-state index in [0.29, 0.717) is 18.0 Å². The molecule has 0 aliphatic rings. The van der Waals surface area contributed by atoms with Crippen LogP contribution < -0.4 is 5.56 Å². The molecule has 0 unspecified atom stereocenters. The number of aryl methyl sites for hydroxylation is 3. The molecule has 0 aliphatic heterocycles. The number of H-pyrrole nitrogens is 1. The van der Waals surface area contributed by atoms with Crippen molar-refractivity contribution >= 4 is 0 Å². The van der Waals surface area contributed by atoms with E-state index in [1.807, 2.05) is 20.8 Å². The Bertz CT molecular complexity index is 591. The first-order valence-corrected chi connectivity index (χ1v) is 5.57. The third-order valence-electron chi connectivity index (χ3n) is 2.85. The Morgan fingerprint density at radius 1 is 1.24 bits per heavy atom. The van der Waals surface area contributed by atoms with Crippen LogP contribution in [-0.2, 0) is 6.42 Å². The van der Waals surface area contributed by atoms with Crippen molar-refractivity contribution in [2.45, 2.75) is 34.1 Å². The molecule has 2 aromatic heterocycles. The van der Waals surface area contributed by atoms with Gasteiger partial charge in [-0.1, -0.05) is 12.1 Å². The molecule has 90 valence electrons. The highest BCUT2D eigenvalue weighted by atomic mass is 16.5. The van der Waals surface area contributed by atoms with Crippen LogP contribution >= 0.6 is 0 Å². The van der Waals surface area contributed by atoms with Crippen molar-refractivity contribution in [3.05, 3.63) is 33.1 Å². The lowest BCUT2D eigenvalue weighted by molar-refractivity contribution is 0.393. The van der Waals surface area contributed by atoms with Crippen molar-refractivity contribution < 1.29 is 4.52 Å². The van der Waals surface area contributed by atoms with Crippen LogP contribution in [0.4, 0.5) is 0 Å². The Labute approximate surface area is 98.9 Å². The highest BCUT2D eigenvalue weighted by Gasteiger charge is 2.15. The van der Waals surface area contributed by atoms with Gasteiger partial charge in [0.25, 0.3) is 5.56 Å². The van der Waals surface area contributed by atoms with E-state index in [9.17, 15) is 4.79 Å². The van der Waals surface area contributed by atoms with E-state index in [4.69, 9.17) is 4.52 Å². The molecule has 1 N–H and O–H groups in total. The molecular weight excluding hydrogens is 218 g/mol. The highest BCUT2D eigenvalue weighted by Crippen LogP contribution is 2.22. The average molecular weight is 233 g/mol. The van der Waals surface area contributed by atoms with Crippen LogP contribution in [-0.4, -0.2) is 15.1 Å². The summed E-state index contributed by atoms with van der Waals surface area (Å²) in [5, 5.41) is 3.86. The van der Waals surface area contributed by atoms with Gasteiger partial charge < -0.3 is 9.51 Å². The molecule has 0 aliphatic carbocycles. The summed E-state index contributed by atoms with van der Waals surface area (Å²) < 4.78 is 5.07. The second-order valence-electron chi connectivity index (χ2n) is 4.03. The normalized spacial score (nSPS) is 10.8. The monoisotopic (exact) mass is 233 g/mol. The lowest BCUT2D eigenvalue weighted by Gasteiger charge is -2.04. The maximum absolute atomic E-state index is 11.9. The van der Waals surface area contributed by atoms with Gasteiger partial charge in [-0.3, -0.25) is 4.79 Å². The van der Waals surface area contributed by atoms with Crippen LogP contribution in [0.15, 0.2) is 9.32 Å². The average Bonchev–Trinajstić information content (AvgIpc) is 2.58. The molecule has 17 heavy (non-hydrogen) atoms. The summed E-state index contributed by atoms with van der Waals surface area (Å²) in [6, 6.07) is 0. The zero-order valence-corrected chi connectivity index (χ0v) is 10.4. The fourth-order valence-corrected chi connectivity index (χ4v) is 1.97. The number of aromatic amines is 1. The van der Waals surface area contributed by atoms with Gasteiger partial charge in [0.1, 0.15) is 11.6 Å². The largest absolute Gasteiger partial charge is 0.361 e. The van der Waals surface area contributed by atoms with Crippen molar-refractivity contribution in [3.63, 3.8) is 0 Å². The summed E-state index contributed by atoms with van der Waals surface area (Å²) in [4.78, 5) is 19.1. The number of rotatable bonds is 2. The van der Waals surface area contributed by atoms with Crippen LogP contribution in [0.5, 0.6) is 0 Å². The molecule has 2 heterocycles. The van der Waals surface area contributed by atoms with E-state index in [0.717, 1.165) is 22.5 Å². The molecule has 0 spiro atoms. The molecule has 2 rings (SSSR count). The van der Waals surface area contributed by atoms with Gasteiger partial charge in [-0.2, -0.15) is 0 Å². The molecule has 0 saturated carbocycles. The van der Waals surface area contributed by atoms with Crippen LogP contribution in [0.25, 0.3) is 11.4 Å². The lowest BCUT2D eigenvalue weighted by Crippen LogP contribution is -2.17. The van der Waals surface area contributed by atoms with Crippen LogP contribution in [0, 0.1) is 20.8 Å². The van der Waals surface area contributed by atoms with Crippen LogP contribution in [0.3, 0.4) is 0 Å². The summed E-state index contributed by atoms with van der Waals surface area (Å²) in [6.07, 6.45) is 0.677. The molecule has 0 radical (unpaired) electrons. The summed E-state index contributed by atoms with van der Waals surface area (Å²) in [5.41, 5.74) is 2.89. The number of nitrogens with zero attached hydrogens (tertiary/aromatic N) is 2. The zero-order valence-electron chi connectivity index (χ0n) is 10.4. The Hall–Kier alpha value is -1.91. The van der Waals surface area contributed by atoms with E-state index in [1.54, 1.807) is 6.92 Å². The van der Waals surface area contributed by atoms with Gasteiger partial charge in [-0.15, -0.1) is 0 Å². The molecule has 2 aromatic rings. The first-order chi connectivity index (χ1) is 8.04. The Kier molecular flexibility index (Phi) is 2.83. The summed E-state index contributed by atoms with van der Waals surface area (Å²) in [7, 11) is 0. The third kappa shape index (κ3) is 1.88. The van der Waals surface area contributed by atoms with Gasteiger partial charge in [0.15, 0.2) is 0 Å². The molecule has 0 atom stereocenters. The van der Waals surface area contributed by atoms with E-state index in [1.165, 1.54) is 0 Å². The number of hydrogen-bond acceptors (Lipinski definition) is 4. The van der Waals surface area contributed by atoms with Crippen LogP contribution in [0.1, 0.15) is 29.6 Å². The van der Waals surface area contributed by atoms with E-state index >= 15 is 0 Å². The predicted molar refractivity (Wildman–Crippen MR) is 63.9 cm³/mol. The molecule has 0 bridgehead atoms. The molecule has 0 amide bonds. The molecule has 0 aromatic carbocycles. The highest BCUT2D eigenvalue weighted by molar-refractivity contribution is 5.60. The second-order valence-corrected chi connectivity index (χ2v) is 4.03. The minimum absolute atomic E-state index is 0.0880. The molecule has 0 fully saturated rings. The number of aromatic nitrogens is 3. The summed E-state index contributed by atoms with van der Waals surface area (Å²) >= 11 is 0. The minimum Gasteiger partial charge on any atom is -0.361 e.